The van der Waals surface area contributed by atoms with Gasteiger partial charge >= 0.3 is 0 Å². The molecular formula is C11H17BrN2O2. The highest BCUT2D eigenvalue weighted by Crippen LogP contribution is 2.13. The van der Waals surface area contributed by atoms with Crippen LogP contribution in [0.2, 0.25) is 0 Å². The molecule has 4 nitrogen and oxygen atoms in total. The summed E-state index contributed by atoms with van der Waals surface area (Å²) in [6, 6.07) is 1.75. The van der Waals surface area contributed by atoms with Crippen LogP contribution in [0, 0.1) is 12.8 Å². The molecule has 0 saturated carbocycles. The fourth-order valence-electron chi connectivity index (χ4n) is 1.10. The monoisotopic (exact) mass is 288 g/mol. The van der Waals surface area contributed by atoms with E-state index in [0.717, 1.165) is 11.2 Å². The molecule has 0 unspecified atom stereocenters. The molecule has 5 heteroatoms. The highest BCUT2D eigenvalue weighted by molar-refractivity contribution is 9.10. The molecule has 1 heterocycles. The summed E-state index contributed by atoms with van der Waals surface area (Å²) in [5, 5.41) is 0. The average Bonchev–Trinajstić information content (AvgIpc) is 2.15. The number of hydrogen-bond acceptors (Lipinski definition) is 4. The van der Waals surface area contributed by atoms with Gasteiger partial charge in [-0.2, -0.15) is 4.98 Å². The van der Waals surface area contributed by atoms with Crippen LogP contribution in [0.25, 0.3) is 0 Å². The first-order chi connectivity index (χ1) is 7.58. The van der Waals surface area contributed by atoms with E-state index in [1.165, 1.54) is 0 Å². The summed E-state index contributed by atoms with van der Waals surface area (Å²) in [5.74, 6) is 1.82. The van der Waals surface area contributed by atoms with Gasteiger partial charge in [-0.15, -0.1) is 0 Å². The van der Waals surface area contributed by atoms with E-state index in [-0.39, 0.29) is 0 Å². The van der Waals surface area contributed by atoms with Crippen molar-refractivity contribution < 1.29 is 9.47 Å². The highest BCUT2D eigenvalue weighted by atomic mass is 79.9. The minimum atomic E-state index is 0.510. The second-order valence-corrected chi connectivity index (χ2v) is 4.71. The second kappa shape index (κ2) is 6.81. The van der Waals surface area contributed by atoms with E-state index in [2.05, 4.69) is 39.7 Å². The number of aromatic nitrogens is 2. The summed E-state index contributed by atoms with van der Waals surface area (Å²) < 4.78 is 11.6. The van der Waals surface area contributed by atoms with Gasteiger partial charge in [-0.3, -0.25) is 0 Å². The fraction of sp³-hybridized carbons (Fsp3) is 0.636. The van der Waals surface area contributed by atoms with E-state index in [1.54, 1.807) is 6.07 Å². The van der Waals surface area contributed by atoms with Crippen LogP contribution < -0.4 is 4.74 Å². The molecule has 0 N–H and O–H groups in total. The maximum absolute atomic E-state index is 5.44. The molecule has 0 atom stereocenters. The van der Waals surface area contributed by atoms with Crippen molar-refractivity contribution in [2.75, 3.05) is 19.8 Å². The Labute approximate surface area is 105 Å². The lowest BCUT2D eigenvalue weighted by Gasteiger charge is -2.08. The summed E-state index contributed by atoms with van der Waals surface area (Å²) in [7, 11) is 0. The first-order valence-electron chi connectivity index (χ1n) is 5.29. The van der Waals surface area contributed by atoms with Gasteiger partial charge < -0.3 is 9.47 Å². The van der Waals surface area contributed by atoms with Gasteiger partial charge in [0.25, 0.3) is 0 Å². The smallest absolute Gasteiger partial charge is 0.217 e. The van der Waals surface area contributed by atoms with Gasteiger partial charge in [0.15, 0.2) is 0 Å². The molecule has 0 radical (unpaired) electrons. The Morgan fingerprint density at radius 1 is 1.31 bits per heavy atom. The first-order valence-corrected chi connectivity index (χ1v) is 6.09. The van der Waals surface area contributed by atoms with Crippen molar-refractivity contribution in [3.8, 4) is 5.88 Å². The summed E-state index contributed by atoms with van der Waals surface area (Å²) in [6.07, 6.45) is 0. The predicted octanol–water partition coefficient (Wildman–Crippen LogP) is 2.60. The van der Waals surface area contributed by atoms with Crippen LogP contribution in [-0.4, -0.2) is 29.8 Å². The topological polar surface area (TPSA) is 44.2 Å². The maximum atomic E-state index is 5.44. The minimum Gasteiger partial charge on any atom is -0.475 e. The van der Waals surface area contributed by atoms with Gasteiger partial charge in [0.1, 0.15) is 17.0 Å². The van der Waals surface area contributed by atoms with Crippen molar-refractivity contribution in [2.45, 2.75) is 20.8 Å². The zero-order valence-electron chi connectivity index (χ0n) is 9.86. The van der Waals surface area contributed by atoms with Crippen LogP contribution in [0.15, 0.2) is 10.7 Å². The number of aryl methyl sites for hydroxylation is 1. The molecular weight excluding hydrogens is 272 g/mol. The maximum Gasteiger partial charge on any atom is 0.217 e. The minimum absolute atomic E-state index is 0.510. The van der Waals surface area contributed by atoms with Gasteiger partial charge in [-0.05, 0) is 28.8 Å². The van der Waals surface area contributed by atoms with E-state index >= 15 is 0 Å². The first kappa shape index (κ1) is 13.4. The summed E-state index contributed by atoms with van der Waals surface area (Å²) in [5.41, 5.74) is 0. The van der Waals surface area contributed by atoms with Crippen molar-refractivity contribution in [2.24, 2.45) is 5.92 Å². The third-order valence-electron chi connectivity index (χ3n) is 1.71. The zero-order valence-corrected chi connectivity index (χ0v) is 11.5. The molecule has 0 amide bonds. The number of halogens is 1. The Balaban J connectivity index is 2.26. The molecule has 0 bridgehead atoms. The Hall–Kier alpha value is -0.680. The van der Waals surface area contributed by atoms with Crippen LogP contribution in [0.1, 0.15) is 19.7 Å². The van der Waals surface area contributed by atoms with Gasteiger partial charge in [-0.1, -0.05) is 13.8 Å². The quantitative estimate of drug-likeness (QED) is 0.596. The summed E-state index contributed by atoms with van der Waals surface area (Å²) in [4.78, 5) is 8.24. The fourth-order valence-corrected chi connectivity index (χ4v) is 1.56. The van der Waals surface area contributed by atoms with Crippen molar-refractivity contribution in [1.82, 2.24) is 9.97 Å². The number of rotatable bonds is 6. The van der Waals surface area contributed by atoms with Gasteiger partial charge in [0.2, 0.25) is 5.88 Å². The summed E-state index contributed by atoms with van der Waals surface area (Å²) in [6.45, 7) is 7.91. The van der Waals surface area contributed by atoms with Crippen LogP contribution in [0.5, 0.6) is 5.88 Å². The number of ether oxygens (including phenoxy) is 2. The molecule has 1 rings (SSSR count). The van der Waals surface area contributed by atoms with Crippen molar-refractivity contribution in [3.63, 3.8) is 0 Å². The standard InChI is InChI=1S/C11H17BrN2O2/c1-8(2)7-15-4-5-16-11-6-10(12)13-9(3)14-11/h6,8H,4-5,7H2,1-3H3. The molecule has 1 aromatic rings. The lowest BCUT2D eigenvalue weighted by atomic mass is 10.2. The van der Waals surface area contributed by atoms with Crippen LogP contribution in [0.3, 0.4) is 0 Å². The molecule has 1 aromatic heterocycles. The highest BCUT2D eigenvalue weighted by Gasteiger charge is 2.00. The summed E-state index contributed by atoms with van der Waals surface area (Å²) >= 11 is 3.29. The lowest BCUT2D eigenvalue weighted by Crippen LogP contribution is -2.11. The molecule has 0 aliphatic heterocycles. The Morgan fingerprint density at radius 3 is 2.69 bits per heavy atom. The van der Waals surface area contributed by atoms with Gasteiger partial charge in [0, 0.05) is 12.7 Å². The third-order valence-corrected chi connectivity index (χ3v) is 2.12. The van der Waals surface area contributed by atoms with E-state index in [1.807, 2.05) is 6.92 Å². The second-order valence-electron chi connectivity index (χ2n) is 3.89. The molecule has 0 aliphatic carbocycles. The van der Waals surface area contributed by atoms with Crippen LogP contribution in [-0.2, 0) is 4.74 Å². The Bertz CT molecular complexity index is 312. The Kier molecular flexibility index (Phi) is 5.69. The molecule has 0 saturated heterocycles. The molecule has 0 spiro atoms. The molecule has 0 aliphatic rings. The van der Waals surface area contributed by atoms with Gasteiger partial charge in [0.05, 0.1) is 6.61 Å². The van der Waals surface area contributed by atoms with Crippen molar-refractivity contribution >= 4 is 15.9 Å². The van der Waals surface area contributed by atoms with Gasteiger partial charge in [-0.25, -0.2) is 4.98 Å². The van der Waals surface area contributed by atoms with E-state index < -0.39 is 0 Å². The van der Waals surface area contributed by atoms with Crippen molar-refractivity contribution in [1.29, 1.82) is 0 Å². The lowest BCUT2D eigenvalue weighted by molar-refractivity contribution is 0.0805. The third kappa shape index (κ3) is 5.42. The van der Waals surface area contributed by atoms with E-state index in [9.17, 15) is 0 Å². The molecule has 16 heavy (non-hydrogen) atoms. The molecule has 0 fully saturated rings. The number of nitrogens with zero attached hydrogens (tertiary/aromatic N) is 2. The number of hydrogen-bond donors (Lipinski definition) is 0. The van der Waals surface area contributed by atoms with Crippen molar-refractivity contribution in [3.05, 3.63) is 16.5 Å². The van der Waals surface area contributed by atoms with E-state index in [4.69, 9.17) is 9.47 Å². The zero-order chi connectivity index (χ0) is 12.0. The largest absolute Gasteiger partial charge is 0.475 e. The van der Waals surface area contributed by atoms with Crippen LogP contribution >= 0.6 is 15.9 Å². The predicted molar refractivity (Wildman–Crippen MR) is 65.6 cm³/mol. The Morgan fingerprint density at radius 2 is 2.06 bits per heavy atom. The molecule has 0 aromatic carbocycles. The average molecular weight is 289 g/mol. The SMILES string of the molecule is Cc1nc(Br)cc(OCCOCC(C)C)n1. The molecule has 90 valence electrons. The van der Waals surface area contributed by atoms with E-state index in [0.29, 0.717) is 30.8 Å². The normalized spacial score (nSPS) is 10.8. The van der Waals surface area contributed by atoms with Crippen LogP contribution in [0.4, 0.5) is 0 Å².